The summed E-state index contributed by atoms with van der Waals surface area (Å²) in [5.41, 5.74) is 0. The molecule has 5 heteroatoms. The summed E-state index contributed by atoms with van der Waals surface area (Å²) >= 11 is 0. The van der Waals surface area contributed by atoms with Gasteiger partial charge in [0.25, 0.3) is 0 Å². The third kappa shape index (κ3) is 17.6. The molecule has 5 heavy (non-hydrogen) atoms. The zero-order valence-electron chi connectivity index (χ0n) is 2.63. The first-order valence-corrected chi connectivity index (χ1v) is 0. The second kappa shape index (κ2) is 22.9. The molecule has 0 aliphatic rings. The SMILES string of the molecule is [Cs].[I-].[I-].[I-].[Pb]. The Morgan fingerprint density at radius 2 is 0.600 bits per heavy atom. The third-order valence-electron chi connectivity index (χ3n) is 0. The Hall–Kier alpha value is 5.16. The van der Waals surface area contributed by atoms with E-state index in [1.807, 2.05) is 0 Å². The van der Waals surface area contributed by atoms with Crippen molar-refractivity contribution in [3.63, 3.8) is 0 Å². The van der Waals surface area contributed by atoms with Crippen molar-refractivity contribution in [3.8, 4) is 0 Å². The maximum absolute atomic E-state index is 0. The summed E-state index contributed by atoms with van der Waals surface area (Å²) in [4.78, 5) is 0. The van der Waals surface area contributed by atoms with Crippen molar-refractivity contribution >= 4 is 96.2 Å². The molecule has 0 aliphatic heterocycles. The van der Waals surface area contributed by atoms with E-state index in [-0.39, 0.29) is 168 Å². The molecule has 29 valence electrons. The van der Waals surface area contributed by atoms with Gasteiger partial charge in [0.05, 0.1) is 0 Å². The fourth-order valence-corrected chi connectivity index (χ4v) is 0. The molecule has 0 atom stereocenters. The summed E-state index contributed by atoms with van der Waals surface area (Å²) in [5.74, 6) is 0. The van der Waals surface area contributed by atoms with Gasteiger partial charge in [-0.3, -0.25) is 0 Å². The van der Waals surface area contributed by atoms with E-state index in [9.17, 15) is 0 Å². The molecule has 0 aromatic carbocycles. The van der Waals surface area contributed by atoms with Crippen LogP contribution in [0.1, 0.15) is 0 Å². The number of rotatable bonds is 0. The average molecular weight is 721 g/mol. The maximum atomic E-state index is 0. The van der Waals surface area contributed by atoms with E-state index in [1.165, 1.54) is 0 Å². The molecule has 0 saturated heterocycles. The molecule has 0 amide bonds. The molecule has 0 nitrogen and oxygen atoms in total. The van der Waals surface area contributed by atoms with Crippen molar-refractivity contribution in [2.75, 3.05) is 0 Å². The quantitative estimate of drug-likeness (QED) is 0.173. The van der Waals surface area contributed by atoms with Crippen molar-refractivity contribution in [1.82, 2.24) is 0 Å². The van der Waals surface area contributed by atoms with Crippen molar-refractivity contribution in [1.29, 1.82) is 0 Å². The van der Waals surface area contributed by atoms with Crippen LogP contribution in [0.4, 0.5) is 0 Å². The minimum atomic E-state index is 0. The van der Waals surface area contributed by atoms with E-state index in [1.54, 1.807) is 0 Å². The van der Waals surface area contributed by atoms with Crippen LogP contribution in [-0.4, -0.2) is 96.2 Å². The minimum absolute atomic E-state index is 0. The van der Waals surface area contributed by atoms with Crippen LogP contribution < -0.4 is 71.9 Å². The standard InChI is InChI=1S/Cs.3HI.Pb/h;3*1H;/p-3. The molecule has 0 aromatic rings. The smallest absolute Gasteiger partial charge is 0 e. The van der Waals surface area contributed by atoms with Crippen molar-refractivity contribution in [2.45, 2.75) is 0 Å². The molecular weight excluding hydrogens is 721 g/mol. The van der Waals surface area contributed by atoms with E-state index >= 15 is 0 Å². The molecule has 0 saturated carbocycles. The van der Waals surface area contributed by atoms with Crippen LogP contribution in [0.3, 0.4) is 0 Å². The Morgan fingerprint density at radius 3 is 0.600 bits per heavy atom. The molecule has 0 spiro atoms. The minimum Gasteiger partial charge on any atom is -1.00 e. The zero-order valence-corrected chi connectivity index (χ0v) is 19.3. The first-order chi connectivity index (χ1) is 0. The second-order valence-electron chi connectivity index (χ2n) is 0. The zero-order chi connectivity index (χ0) is 0. The van der Waals surface area contributed by atoms with Crippen LogP contribution in [0.2, 0.25) is 0 Å². The molecular formula is CsI3Pb-3. The Morgan fingerprint density at radius 1 is 0.600 bits per heavy atom. The topological polar surface area (TPSA) is 0 Å². The summed E-state index contributed by atoms with van der Waals surface area (Å²) in [5, 5.41) is 0. The molecule has 0 N–H and O–H groups in total. The largest absolute Gasteiger partial charge is 1.00 e. The summed E-state index contributed by atoms with van der Waals surface area (Å²) in [6.07, 6.45) is 0. The summed E-state index contributed by atoms with van der Waals surface area (Å²) in [7, 11) is 0. The predicted molar refractivity (Wildman–Crippen MR) is 11.5 cm³/mol. The van der Waals surface area contributed by atoms with Crippen LogP contribution in [-0.2, 0) is 0 Å². The summed E-state index contributed by atoms with van der Waals surface area (Å²) in [6, 6.07) is 0. The van der Waals surface area contributed by atoms with E-state index in [0.29, 0.717) is 0 Å². The Kier molecular flexibility index (Phi) is 147. The monoisotopic (exact) mass is 722 g/mol. The molecule has 0 fully saturated rings. The van der Waals surface area contributed by atoms with Crippen LogP contribution >= 0.6 is 0 Å². The van der Waals surface area contributed by atoms with Crippen LogP contribution in [0, 0.1) is 0 Å². The average Bonchev–Trinajstić information content (AvgIpc) is 0. The Labute approximate surface area is 162 Å². The van der Waals surface area contributed by atoms with Crippen LogP contribution in [0.15, 0.2) is 0 Å². The normalized spacial score (nSPS) is 0. The van der Waals surface area contributed by atoms with Gasteiger partial charge in [-0.25, -0.2) is 0 Å². The fourth-order valence-electron chi connectivity index (χ4n) is 0. The van der Waals surface area contributed by atoms with Gasteiger partial charge in [0.2, 0.25) is 0 Å². The van der Waals surface area contributed by atoms with Crippen LogP contribution in [0.5, 0.6) is 0 Å². The van der Waals surface area contributed by atoms with Gasteiger partial charge in [-0.15, -0.1) is 0 Å². The maximum Gasteiger partial charge on any atom is 0 e. The summed E-state index contributed by atoms with van der Waals surface area (Å²) in [6.45, 7) is 0. The van der Waals surface area contributed by atoms with Gasteiger partial charge in [-0.2, -0.15) is 0 Å². The van der Waals surface area contributed by atoms with Gasteiger partial charge in [0.15, 0.2) is 0 Å². The van der Waals surface area contributed by atoms with Crippen molar-refractivity contribution < 1.29 is 71.9 Å². The van der Waals surface area contributed by atoms with Gasteiger partial charge in [-0.05, 0) is 0 Å². The molecule has 0 heterocycles. The number of halogens is 3. The van der Waals surface area contributed by atoms with Crippen LogP contribution in [0.25, 0.3) is 0 Å². The Balaban J connectivity index is 0. The van der Waals surface area contributed by atoms with Gasteiger partial charge >= 0.3 is 0 Å². The first kappa shape index (κ1) is 32.0. The number of hydrogen-bond donors (Lipinski definition) is 0. The van der Waals surface area contributed by atoms with Crippen molar-refractivity contribution in [3.05, 3.63) is 0 Å². The van der Waals surface area contributed by atoms with E-state index in [2.05, 4.69) is 0 Å². The van der Waals surface area contributed by atoms with Gasteiger partial charge in [-0.1, -0.05) is 0 Å². The van der Waals surface area contributed by atoms with Gasteiger partial charge in [0, 0.05) is 96.2 Å². The molecule has 5 radical (unpaired) electrons. The van der Waals surface area contributed by atoms with Gasteiger partial charge < -0.3 is 71.9 Å². The molecule has 0 rings (SSSR count). The molecule has 0 bridgehead atoms. The molecule has 0 aliphatic carbocycles. The predicted octanol–water partition coefficient (Wildman–Crippen LogP) is -9.75. The Bertz CT molecular complexity index is 6.85. The van der Waals surface area contributed by atoms with Crippen molar-refractivity contribution in [2.24, 2.45) is 0 Å². The summed E-state index contributed by atoms with van der Waals surface area (Å²) < 4.78 is 0. The molecule has 0 aromatic heterocycles. The first-order valence-electron chi connectivity index (χ1n) is 0. The second-order valence-corrected chi connectivity index (χ2v) is 0. The number of hydrogen-bond acceptors (Lipinski definition) is 0. The van der Waals surface area contributed by atoms with E-state index in [4.69, 9.17) is 0 Å². The van der Waals surface area contributed by atoms with E-state index < -0.39 is 0 Å². The van der Waals surface area contributed by atoms with Gasteiger partial charge in [0.1, 0.15) is 0 Å². The fraction of sp³-hybridized carbons (Fsp3) is 0. The third-order valence-corrected chi connectivity index (χ3v) is 0. The molecule has 0 unspecified atom stereocenters. The van der Waals surface area contributed by atoms with E-state index in [0.717, 1.165) is 0 Å².